The summed E-state index contributed by atoms with van der Waals surface area (Å²) in [5, 5.41) is 28.3. The lowest BCUT2D eigenvalue weighted by Crippen LogP contribution is -2.25. The third kappa shape index (κ3) is 7.33. The van der Waals surface area contributed by atoms with Crippen LogP contribution in [-0.2, 0) is 0 Å². The Morgan fingerprint density at radius 3 is 1.63 bits per heavy atom. The largest absolute Gasteiger partial charge is 0.395 e. The number of aliphatic hydroxyl groups is 2. The van der Waals surface area contributed by atoms with Gasteiger partial charge in [0.1, 0.15) is 0 Å². The first-order valence-electron chi connectivity index (χ1n) is 12.8. The van der Waals surface area contributed by atoms with E-state index in [1.807, 2.05) is 72.8 Å². The molecule has 3 aromatic rings. The number of hydrogen-bond donors (Lipinski definition) is 2. The second-order valence-corrected chi connectivity index (χ2v) is 8.68. The number of nitriles is 1. The minimum absolute atomic E-state index is 0.108. The van der Waals surface area contributed by atoms with Crippen molar-refractivity contribution in [2.75, 3.05) is 49.2 Å². The molecule has 0 unspecified atom stereocenters. The molecule has 6 nitrogen and oxygen atoms in total. The van der Waals surface area contributed by atoms with Gasteiger partial charge in [0.25, 0.3) is 0 Å². The quantitative estimate of drug-likeness (QED) is 0.230. The summed E-state index contributed by atoms with van der Waals surface area (Å²) in [6, 6.07) is 21.8. The van der Waals surface area contributed by atoms with Gasteiger partial charge in [0.15, 0.2) is 5.69 Å². The average molecular weight is 507 g/mol. The van der Waals surface area contributed by atoms with Crippen molar-refractivity contribution >= 4 is 41.4 Å². The van der Waals surface area contributed by atoms with E-state index in [1.165, 1.54) is 0 Å². The number of anilines is 2. The molecule has 0 saturated carbocycles. The maximum Gasteiger partial charge on any atom is 0.194 e. The lowest BCUT2D eigenvalue weighted by Gasteiger charge is -2.21. The van der Waals surface area contributed by atoms with Gasteiger partial charge in [-0.3, -0.25) is 0 Å². The summed E-state index contributed by atoms with van der Waals surface area (Å²) < 4.78 is 0. The number of benzene rings is 3. The second kappa shape index (κ2) is 14.4. The molecule has 0 atom stereocenters. The highest BCUT2D eigenvalue weighted by atomic mass is 16.3. The van der Waals surface area contributed by atoms with E-state index in [4.69, 9.17) is 6.57 Å². The number of nitrogens with zero attached hydrogens (tertiary/aromatic N) is 4. The zero-order valence-electron chi connectivity index (χ0n) is 22.0. The van der Waals surface area contributed by atoms with Gasteiger partial charge in [0.2, 0.25) is 0 Å². The molecule has 6 heteroatoms. The third-order valence-electron chi connectivity index (χ3n) is 6.37. The van der Waals surface area contributed by atoms with Crippen LogP contribution >= 0.6 is 0 Å². The van der Waals surface area contributed by atoms with Crippen molar-refractivity contribution in [1.29, 1.82) is 5.26 Å². The molecule has 0 bridgehead atoms. The van der Waals surface area contributed by atoms with Crippen molar-refractivity contribution in [2.24, 2.45) is 0 Å². The van der Waals surface area contributed by atoms with Crippen molar-refractivity contribution < 1.29 is 10.2 Å². The van der Waals surface area contributed by atoms with E-state index < -0.39 is 0 Å². The fourth-order valence-corrected chi connectivity index (χ4v) is 4.23. The Balaban J connectivity index is 1.80. The van der Waals surface area contributed by atoms with E-state index in [0.29, 0.717) is 35.5 Å². The minimum atomic E-state index is 0.108. The summed E-state index contributed by atoms with van der Waals surface area (Å²) in [6.45, 7) is 14.8. The highest BCUT2D eigenvalue weighted by Crippen LogP contribution is 2.28. The van der Waals surface area contributed by atoms with E-state index in [2.05, 4.69) is 34.6 Å². The number of rotatable bonds is 12. The van der Waals surface area contributed by atoms with Crippen LogP contribution in [0.4, 0.5) is 17.1 Å². The van der Waals surface area contributed by atoms with Gasteiger partial charge in [-0.05, 0) is 72.5 Å². The van der Waals surface area contributed by atoms with Crippen LogP contribution in [0.1, 0.15) is 41.7 Å². The lowest BCUT2D eigenvalue weighted by atomic mass is 10.0. The SMILES string of the molecule is [C-]#[N+]c1cc(/C=C/c2ccc(N(CC)CCO)cc2)c(C#N)cc1/C=C/c1ccc(N(CC)CCO)cc1. The van der Waals surface area contributed by atoms with Gasteiger partial charge in [0, 0.05) is 37.6 Å². The molecule has 0 fully saturated rings. The van der Waals surface area contributed by atoms with E-state index in [0.717, 1.165) is 35.6 Å². The van der Waals surface area contributed by atoms with Crippen molar-refractivity contribution in [3.05, 3.63) is 99.9 Å². The molecule has 2 N–H and O–H groups in total. The monoisotopic (exact) mass is 506 g/mol. The van der Waals surface area contributed by atoms with E-state index >= 15 is 0 Å². The molecule has 3 aromatic carbocycles. The predicted octanol–water partition coefficient (Wildman–Crippen LogP) is 6.09. The zero-order valence-corrected chi connectivity index (χ0v) is 22.0. The summed E-state index contributed by atoms with van der Waals surface area (Å²) in [7, 11) is 0. The van der Waals surface area contributed by atoms with Crippen LogP contribution in [0.25, 0.3) is 29.1 Å². The second-order valence-electron chi connectivity index (χ2n) is 8.68. The van der Waals surface area contributed by atoms with Crippen LogP contribution in [-0.4, -0.2) is 49.6 Å². The highest BCUT2D eigenvalue weighted by Gasteiger charge is 2.08. The standard InChI is InChI=1S/C32H34N4O2/c1-4-35(18-20-37)30-14-8-25(9-15-30)6-12-27-23-32(34-3)28(22-29(27)24-33)13-7-26-10-16-31(17-11-26)36(5-2)19-21-38/h6-17,22-23,37-38H,4-5,18-21H2,1-2H3/b12-6+,13-7+. The Kier molecular flexibility index (Phi) is 10.7. The summed E-state index contributed by atoms with van der Waals surface area (Å²) in [4.78, 5) is 7.90. The fourth-order valence-electron chi connectivity index (χ4n) is 4.23. The smallest absolute Gasteiger partial charge is 0.194 e. The molecule has 194 valence electrons. The first-order chi connectivity index (χ1) is 18.6. The van der Waals surface area contributed by atoms with Crippen LogP contribution in [0, 0.1) is 17.9 Å². The topological polar surface area (TPSA) is 75.1 Å². The maximum absolute atomic E-state index is 9.78. The minimum Gasteiger partial charge on any atom is -0.395 e. The number of likely N-dealkylation sites (N-methyl/N-ethyl adjacent to an activating group) is 2. The summed E-state index contributed by atoms with van der Waals surface area (Å²) in [5.74, 6) is 0. The molecular weight excluding hydrogens is 472 g/mol. The number of aliphatic hydroxyl groups excluding tert-OH is 2. The Morgan fingerprint density at radius 1 is 0.763 bits per heavy atom. The van der Waals surface area contributed by atoms with Crippen LogP contribution < -0.4 is 9.80 Å². The molecule has 3 rings (SSSR count). The maximum atomic E-state index is 9.78. The van der Waals surface area contributed by atoms with Crippen LogP contribution in [0.2, 0.25) is 0 Å². The lowest BCUT2D eigenvalue weighted by molar-refractivity contribution is 0.302. The molecule has 38 heavy (non-hydrogen) atoms. The van der Waals surface area contributed by atoms with Gasteiger partial charge in [-0.25, -0.2) is 4.85 Å². The number of hydrogen-bond acceptors (Lipinski definition) is 5. The molecule has 0 heterocycles. The van der Waals surface area contributed by atoms with E-state index in [1.54, 1.807) is 12.1 Å². The molecule has 0 aliphatic rings. The normalized spacial score (nSPS) is 11.0. The summed E-state index contributed by atoms with van der Waals surface area (Å²) in [6.07, 6.45) is 7.60. The molecule has 0 aliphatic heterocycles. The van der Waals surface area contributed by atoms with Gasteiger partial charge in [0.05, 0.1) is 31.4 Å². The van der Waals surface area contributed by atoms with Crippen LogP contribution in [0.5, 0.6) is 0 Å². The summed E-state index contributed by atoms with van der Waals surface area (Å²) >= 11 is 0. The van der Waals surface area contributed by atoms with Gasteiger partial charge in [-0.1, -0.05) is 48.6 Å². The first-order valence-corrected chi connectivity index (χ1v) is 12.8. The zero-order chi connectivity index (χ0) is 27.3. The van der Waals surface area contributed by atoms with Crippen molar-refractivity contribution in [3.8, 4) is 6.07 Å². The Hall–Kier alpha value is -4.36. The molecule has 0 aliphatic carbocycles. The van der Waals surface area contributed by atoms with Gasteiger partial charge >= 0.3 is 0 Å². The van der Waals surface area contributed by atoms with Crippen molar-refractivity contribution in [3.63, 3.8) is 0 Å². The van der Waals surface area contributed by atoms with Gasteiger partial charge in [-0.15, -0.1) is 0 Å². The highest BCUT2D eigenvalue weighted by molar-refractivity contribution is 5.83. The molecule has 0 saturated heterocycles. The molecule has 0 amide bonds. The van der Waals surface area contributed by atoms with Crippen molar-refractivity contribution in [2.45, 2.75) is 13.8 Å². The predicted molar refractivity (Wildman–Crippen MR) is 158 cm³/mol. The third-order valence-corrected chi connectivity index (χ3v) is 6.37. The molecular formula is C32H34N4O2. The fraction of sp³-hybridized carbons (Fsp3) is 0.250. The van der Waals surface area contributed by atoms with Crippen LogP contribution in [0.3, 0.4) is 0 Å². The average Bonchev–Trinajstić information content (AvgIpc) is 2.97. The van der Waals surface area contributed by atoms with E-state index in [9.17, 15) is 15.5 Å². The Bertz CT molecular complexity index is 1220. The van der Waals surface area contributed by atoms with Crippen molar-refractivity contribution in [1.82, 2.24) is 0 Å². The van der Waals surface area contributed by atoms with Crippen LogP contribution in [0.15, 0.2) is 60.7 Å². The summed E-state index contributed by atoms with van der Waals surface area (Å²) in [5.41, 5.74) is 6.43. The Morgan fingerprint density at radius 2 is 1.24 bits per heavy atom. The molecule has 0 aromatic heterocycles. The van der Waals surface area contributed by atoms with Gasteiger partial charge < -0.3 is 20.0 Å². The van der Waals surface area contributed by atoms with Gasteiger partial charge in [-0.2, -0.15) is 5.26 Å². The first kappa shape index (κ1) is 28.2. The molecule has 0 radical (unpaired) electrons. The van der Waals surface area contributed by atoms with E-state index in [-0.39, 0.29) is 13.2 Å². The Labute approximate surface area is 225 Å². The molecule has 0 spiro atoms.